The van der Waals surface area contributed by atoms with Crippen molar-refractivity contribution < 1.29 is 9.21 Å². The fraction of sp³-hybridized carbons (Fsp3) is 0.421. The molecule has 4 rings (SSSR count). The van der Waals surface area contributed by atoms with E-state index < -0.39 is 0 Å². The number of nitrogens with zero attached hydrogens (tertiary/aromatic N) is 3. The van der Waals surface area contributed by atoms with Crippen LogP contribution in [0.3, 0.4) is 0 Å². The van der Waals surface area contributed by atoms with Gasteiger partial charge in [-0.1, -0.05) is 12.1 Å². The molecule has 6 nitrogen and oxygen atoms in total. The van der Waals surface area contributed by atoms with Crippen molar-refractivity contribution >= 4 is 16.9 Å². The molecule has 0 aliphatic carbocycles. The number of H-pyrrole nitrogens is 1. The number of likely N-dealkylation sites (tertiary alicyclic amines) is 1. The van der Waals surface area contributed by atoms with Crippen molar-refractivity contribution in [3.05, 3.63) is 46.7 Å². The molecular formula is C19H22N4O2. The molecule has 1 saturated heterocycles. The molecule has 1 N–H and O–H groups in total. The number of carbonyl (C=O) groups is 1. The van der Waals surface area contributed by atoms with Crippen LogP contribution >= 0.6 is 0 Å². The van der Waals surface area contributed by atoms with Gasteiger partial charge in [0.2, 0.25) is 5.91 Å². The zero-order valence-corrected chi connectivity index (χ0v) is 14.8. The average Bonchev–Trinajstić information content (AvgIpc) is 3.30. The second-order valence-corrected chi connectivity index (χ2v) is 6.85. The molecule has 0 spiro atoms. The molecule has 1 atom stereocenters. The highest BCUT2D eigenvalue weighted by atomic mass is 16.3. The van der Waals surface area contributed by atoms with Gasteiger partial charge in [0.25, 0.3) is 0 Å². The molecule has 1 amide bonds. The molecule has 1 aliphatic rings. The van der Waals surface area contributed by atoms with Crippen molar-refractivity contribution in [3.8, 4) is 0 Å². The van der Waals surface area contributed by atoms with E-state index in [4.69, 9.17) is 4.42 Å². The van der Waals surface area contributed by atoms with E-state index in [-0.39, 0.29) is 11.9 Å². The summed E-state index contributed by atoms with van der Waals surface area (Å²) >= 11 is 0. The van der Waals surface area contributed by atoms with Crippen LogP contribution in [0.15, 0.2) is 22.8 Å². The summed E-state index contributed by atoms with van der Waals surface area (Å²) < 4.78 is 5.74. The molecule has 25 heavy (non-hydrogen) atoms. The van der Waals surface area contributed by atoms with Gasteiger partial charge in [-0.3, -0.25) is 9.89 Å². The Morgan fingerprint density at radius 2 is 2.20 bits per heavy atom. The van der Waals surface area contributed by atoms with Crippen LogP contribution in [0, 0.1) is 20.8 Å². The highest BCUT2D eigenvalue weighted by Gasteiger charge is 2.32. The fourth-order valence-corrected chi connectivity index (χ4v) is 3.63. The van der Waals surface area contributed by atoms with Gasteiger partial charge in [0, 0.05) is 17.5 Å². The van der Waals surface area contributed by atoms with Crippen molar-refractivity contribution in [2.45, 2.75) is 46.1 Å². The van der Waals surface area contributed by atoms with Crippen molar-refractivity contribution in [1.29, 1.82) is 0 Å². The van der Waals surface area contributed by atoms with E-state index in [0.717, 1.165) is 47.3 Å². The van der Waals surface area contributed by atoms with Gasteiger partial charge in [0.1, 0.15) is 11.4 Å². The predicted octanol–water partition coefficient (Wildman–Crippen LogP) is 3.38. The average molecular weight is 338 g/mol. The molecular weight excluding hydrogens is 316 g/mol. The Hall–Kier alpha value is -2.63. The lowest BCUT2D eigenvalue weighted by Crippen LogP contribution is -2.32. The van der Waals surface area contributed by atoms with E-state index in [9.17, 15) is 4.79 Å². The normalized spacial score (nSPS) is 17.6. The molecule has 130 valence electrons. The summed E-state index contributed by atoms with van der Waals surface area (Å²) in [6.45, 7) is 6.75. The molecule has 6 heteroatoms. The maximum Gasteiger partial charge on any atom is 0.227 e. The van der Waals surface area contributed by atoms with Crippen molar-refractivity contribution in [3.63, 3.8) is 0 Å². The fourth-order valence-electron chi connectivity index (χ4n) is 3.63. The Kier molecular flexibility index (Phi) is 3.82. The van der Waals surface area contributed by atoms with Crippen LogP contribution in [0.25, 0.3) is 11.0 Å². The van der Waals surface area contributed by atoms with Gasteiger partial charge in [-0.15, -0.1) is 0 Å². The standard InChI is InChI=1S/C19H22N4O2/c1-11-6-7-15-14(10-25-18(15)12(11)2)9-17(24)23-8-4-5-16(23)19-20-13(3)21-22-19/h6-7,10,16H,4-5,8-9H2,1-3H3,(H,20,21,22)/t16-/m1/s1. The number of hydrogen-bond donors (Lipinski definition) is 1. The van der Waals surface area contributed by atoms with Crippen LogP contribution in [0.2, 0.25) is 0 Å². The smallest absolute Gasteiger partial charge is 0.227 e. The molecule has 2 aromatic heterocycles. The Morgan fingerprint density at radius 3 is 2.96 bits per heavy atom. The molecule has 1 fully saturated rings. The van der Waals surface area contributed by atoms with E-state index in [0.29, 0.717) is 12.2 Å². The third-order valence-electron chi connectivity index (χ3n) is 5.17. The maximum atomic E-state index is 12.9. The summed E-state index contributed by atoms with van der Waals surface area (Å²) in [5.74, 6) is 1.60. The second kappa shape index (κ2) is 6.02. The topological polar surface area (TPSA) is 75.0 Å². The van der Waals surface area contributed by atoms with Crippen LogP contribution in [0.1, 0.15) is 47.2 Å². The van der Waals surface area contributed by atoms with Gasteiger partial charge in [-0.25, -0.2) is 4.98 Å². The first kappa shape index (κ1) is 15.9. The number of rotatable bonds is 3. The zero-order chi connectivity index (χ0) is 17.6. The quantitative estimate of drug-likeness (QED) is 0.794. The van der Waals surface area contributed by atoms with Crippen LogP contribution in [0.5, 0.6) is 0 Å². The summed E-state index contributed by atoms with van der Waals surface area (Å²) in [6.07, 6.45) is 3.95. The number of nitrogens with one attached hydrogen (secondary N) is 1. The van der Waals surface area contributed by atoms with Crippen molar-refractivity contribution in [2.75, 3.05) is 6.54 Å². The lowest BCUT2D eigenvalue weighted by atomic mass is 10.0. The van der Waals surface area contributed by atoms with E-state index in [1.54, 1.807) is 6.26 Å². The Labute approximate surface area is 146 Å². The number of hydrogen-bond acceptors (Lipinski definition) is 4. The number of amides is 1. The SMILES string of the molecule is Cc1nc([C@H]2CCCN2C(=O)Cc2coc3c(C)c(C)ccc23)n[nH]1. The number of aromatic nitrogens is 3. The Balaban J connectivity index is 1.58. The van der Waals surface area contributed by atoms with Crippen LogP contribution in [-0.4, -0.2) is 32.5 Å². The van der Waals surface area contributed by atoms with E-state index >= 15 is 0 Å². The Morgan fingerprint density at radius 1 is 1.36 bits per heavy atom. The number of furan rings is 1. The lowest BCUT2D eigenvalue weighted by molar-refractivity contribution is -0.131. The molecule has 1 aliphatic heterocycles. The van der Waals surface area contributed by atoms with Crippen LogP contribution in [-0.2, 0) is 11.2 Å². The zero-order valence-electron chi connectivity index (χ0n) is 14.8. The van der Waals surface area contributed by atoms with Gasteiger partial charge in [0.15, 0.2) is 5.82 Å². The minimum absolute atomic E-state index is 0.0282. The number of benzene rings is 1. The molecule has 0 unspecified atom stereocenters. The van der Waals surface area contributed by atoms with Crippen LogP contribution < -0.4 is 0 Å². The van der Waals surface area contributed by atoms with Crippen molar-refractivity contribution in [1.82, 2.24) is 20.1 Å². The molecule has 1 aromatic carbocycles. The molecule has 0 bridgehead atoms. The first-order valence-corrected chi connectivity index (χ1v) is 8.69. The number of fused-ring (bicyclic) bond motifs is 1. The summed E-state index contributed by atoms with van der Waals surface area (Å²) in [7, 11) is 0. The summed E-state index contributed by atoms with van der Waals surface area (Å²) in [6, 6.07) is 4.10. The third-order valence-corrected chi connectivity index (χ3v) is 5.17. The molecule has 3 heterocycles. The molecule has 0 saturated carbocycles. The highest BCUT2D eigenvalue weighted by Crippen LogP contribution is 2.32. The first-order chi connectivity index (χ1) is 12.0. The van der Waals surface area contributed by atoms with Crippen LogP contribution in [0.4, 0.5) is 0 Å². The lowest BCUT2D eigenvalue weighted by Gasteiger charge is -2.22. The first-order valence-electron chi connectivity index (χ1n) is 8.69. The number of aryl methyl sites for hydroxylation is 3. The summed E-state index contributed by atoms with van der Waals surface area (Å²) in [5, 5.41) is 8.15. The summed E-state index contributed by atoms with van der Waals surface area (Å²) in [4.78, 5) is 19.2. The van der Waals surface area contributed by atoms with Crippen molar-refractivity contribution in [2.24, 2.45) is 0 Å². The van der Waals surface area contributed by atoms with E-state index in [2.05, 4.69) is 35.1 Å². The number of aromatic amines is 1. The second-order valence-electron chi connectivity index (χ2n) is 6.85. The summed E-state index contributed by atoms with van der Waals surface area (Å²) in [5.41, 5.74) is 4.15. The minimum atomic E-state index is -0.0282. The van der Waals surface area contributed by atoms with Gasteiger partial charge in [-0.2, -0.15) is 5.10 Å². The molecule has 3 aromatic rings. The van der Waals surface area contributed by atoms with Gasteiger partial charge < -0.3 is 9.32 Å². The molecule has 0 radical (unpaired) electrons. The maximum absolute atomic E-state index is 12.9. The Bertz CT molecular complexity index is 940. The minimum Gasteiger partial charge on any atom is -0.464 e. The highest BCUT2D eigenvalue weighted by molar-refractivity contribution is 5.89. The van der Waals surface area contributed by atoms with E-state index in [1.165, 1.54) is 5.56 Å². The largest absolute Gasteiger partial charge is 0.464 e. The third kappa shape index (κ3) is 2.71. The van der Waals surface area contributed by atoms with E-state index in [1.807, 2.05) is 17.9 Å². The monoisotopic (exact) mass is 338 g/mol. The van der Waals surface area contributed by atoms with Gasteiger partial charge in [-0.05, 0) is 44.7 Å². The van der Waals surface area contributed by atoms with Gasteiger partial charge >= 0.3 is 0 Å². The number of carbonyl (C=O) groups excluding carboxylic acids is 1. The predicted molar refractivity (Wildman–Crippen MR) is 94.2 cm³/mol. The van der Waals surface area contributed by atoms with Gasteiger partial charge in [0.05, 0.1) is 18.7 Å².